The SMILES string of the molecule is COc1cc(NC(=O)C2(N)CCOCC2)ccc1NC(=O)c1cccnc1. The molecule has 0 saturated carbocycles. The van der Waals surface area contributed by atoms with E-state index in [1.165, 1.54) is 13.3 Å². The molecule has 8 heteroatoms. The van der Waals surface area contributed by atoms with E-state index in [0.29, 0.717) is 48.7 Å². The van der Waals surface area contributed by atoms with Crippen molar-refractivity contribution in [3.63, 3.8) is 0 Å². The number of carbonyl (C=O) groups is 2. The molecule has 0 atom stereocenters. The molecule has 1 fully saturated rings. The fraction of sp³-hybridized carbons (Fsp3) is 0.316. The fourth-order valence-corrected chi connectivity index (χ4v) is 2.78. The van der Waals surface area contributed by atoms with E-state index in [2.05, 4.69) is 15.6 Å². The number of methoxy groups -OCH3 is 1. The van der Waals surface area contributed by atoms with Gasteiger partial charge in [-0.1, -0.05) is 0 Å². The molecule has 27 heavy (non-hydrogen) atoms. The molecule has 0 unspecified atom stereocenters. The molecule has 1 aliphatic rings. The lowest BCUT2D eigenvalue weighted by molar-refractivity contribution is -0.124. The largest absolute Gasteiger partial charge is 0.494 e. The lowest BCUT2D eigenvalue weighted by Gasteiger charge is -2.31. The highest BCUT2D eigenvalue weighted by Gasteiger charge is 2.36. The van der Waals surface area contributed by atoms with Crippen molar-refractivity contribution >= 4 is 23.2 Å². The summed E-state index contributed by atoms with van der Waals surface area (Å²) in [4.78, 5) is 28.7. The number of ether oxygens (including phenoxy) is 2. The zero-order valence-corrected chi connectivity index (χ0v) is 15.0. The Morgan fingerprint density at radius 2 is 2.00 bits per heavy atom. The number of nitrogens with one attached hydrogen (secondary N) is 2. The Bertz CT molecular complexity index is 820. The molecule has 1 aromatic heterocycles. The van der Waals surface area contributed by atoms with Gasteiger partial charge in [0.25, 0.3) is 5.91 Å². The predicted octanol–water partition coefficient (Wildman–Crippen LogP) is 1.79. The highest BCUT2D eigenvalue weighted by Crippen LogP contribution is 2.29. The van der Waals surface area contributed by atoms with Gasteiger partial charge < -0.3 is 25.8 Å². The number of carbonyl (C=O) groups excluding carboxylic acids is 2. The molecule has 8 nitrogen and oxygen atoms in total. The number of anilines is 2. The number of hydrogen-bond acceptors (Lipinski definition) is 6. The van der Waals surface area contributed by atoms with E-state index in [0.717, 1.165) is 0 Å². The molecule has 2 heterocycles. The average Bonchev–Trinajstić information content (AvgIpc) is 2.70. The van der Waals surface area contributed by atoms with Gasteiger partial charge in [0.05, 0.1) is 18.4 Å². The molecule has 0 aliphatic carbocycles. The number of benzene rings is 1. The van der Waals surface area contributed by atoms with E-state index >= 15 is 0 Å². The van der Waals surface area contributed by atoms with Crippen molar-refractivity contribution in [1.29, 1.82) is 0 Å². The van der Waals surface area contributed by atoms with Crippen LogP contribution in [-0.4, -0.2) is 42.7 Å². The number of hydrogen-bond donors (Lipinski definition) is 3. The number of nitrogens with two attached hydrogens (primary N) is 1. The summed E-state index contributed by atoms with van der Waals surface area (Å²) in [6, 6.07) is 8.33. The van der Waals surface area contributed by atoms with Crippen molar-refractivity contribution in [2.24, 2.45) is 5.73 Å². The molecule has 3 rings (SSSR count). The first-order chi connectivity index (χ1) is 13.0. The summed E-state index contributed by atoms with van der Waals surface area (Å²) in [6.45, 7) is 0.930. The van der Waals surface area contributed by atoms with Crippen molar-refractivity contribution in [2.75, 3.05) is 31.0 Å². The Hall–Kier alpha value is -2.97. The molecule has 4 N–H and O–H groups in total. The van der Waals surface area contributed by atoms with Gasteiger partial charge >= 0.3 is 0 Å². The van der Waals surface area contributed by atoms with Crippen molar-refractivity contribution in [2.45, 2.75) is 18.4 Å². The molecule has 0 bridgehead atoms. The quantitative estimate of drug-likeness (QED) is 0.739. The van der Waals surface area contributed by atoms with E-state index < -0.39 is 5.54 Å². The Kier molecular flexibility index (Phi) is 5.68. The van der Waals surface area contributed by atoms with Gasteiger partial charge in [0, 0.05) is 37.4 Å². The van der Waals surface area contributed by atoms with Crippen LogP contribution in [0.1, 0.15) is 23.2 Å². The van der Waals surface area contributed by atoms with E-state index in [9.17, 15) is 9.59 Å². The summed E-state index contributed by atoms with van der Waals surface area (Å²) in [5, 5.41) is 5.59. The van der Waals surface area contributed by atoms with Gasteiger partial charge in [-0.2, -0.15) is 0 Å². The van der Waals surface area contributed by atoms with Gasteiger partial charge in [-0.3, -0.25) is 14.6 Å². The minimum Gasteiger partial charge on any atom is -0.494 e. The van der Waals surface area contributed by atoms with E-state index in [1.54, 1.807) is 36.5 Å². The monoisotopic (exact) mass is 370 g/mol. The van der Waals surface area contributed by atoms with Crippen LogP contribution in [0.2, 0.25) is 0 Å². The van der Waals surface area contributed by atoms with Crippen LogP contribution in [0.25, 0.3) is 0 Å². The second kappa shape index (κ2) is 8.15. The molecule has 1 saturated heterocycles. The minimum absolute atomic E-state index is 0.264. The van der Waals surface area contributed by atoms with Crippen LogP contribution in [0, 0.1) is 0 Å². The van der Waals surface area contributed by atoms with Crippen molar-refractivity contribution in [3.05, 3.63) is 48.3 Å². The highest BCUT2D eigenvalue weighted by molar-refractivity contribution is 6.05. The first-order valence-electron chi connectivity index (χ1n) is 8.59. The van der Waals surface area contributed by atoms with Crippen molar-refractivity contribution in [3.8, 4) is 5.75 Å². The van der Waals surface area contributed by atoms with Gasteiger partial charge in [0.15, 0.2) is 0 Å². The van der Waals surface area contributed by atoms with Gasteiger partial charge in [0.1, 0.15) is 11.3 Å². The third-order valence-corrected chi connectivity index (χ3v) is 4.47. The van der Waals surface area contributed by atoms with Crippen LogP contribution >= 0.6 is 0 Å². The molecule has 2 aromatic rings. The van der Waals surface area contributed by atoms with Crippen LogP contribution in [0.3, 0.4) is 0 Å². The zero-order valence-electron chi connectivity index (χ0n) is 15.0. The fourth-order valence-electron chi connectivity index (χ4n) is 2.78. The predicted molar refractivity (Wildman–Crippen MR) is 101 cm³/mol. The van der Waals surface area contributed by atoms with Gasteiger partial charge in [-0.25, -0.2) is 0 Å². The van der Waals surface area contributed by atoms with Gasteiger partial charge in [0.2, 0.25) is 5.91 Å². The highest BCUT2D eigenvalue weighted by atomic mass is 16.5. The maximum absolute atomic E-state index is 12.5. The normalized spacial score (nSPS) is 15.6. The van der Waals surface area contributed by atoms with Crippen LogP contribution in [0.4, 0.5) is 11.4 Å². The number of nitrogens with zero attached hydrogens (tertiary/aromatic N) is 1. The third kappa shape index (κ3) is 4.42. The number of aromatic nitrogens is 1. The molecule has 0 spiro atoms. The summed E-state index contributed by atoms with van der Waals surface area (Å²) < 4.78 is 10.6. The summed E-state index contributed by atoms with van der Waals surface area (Å²) in [5.74, 6) is -0.149. The number of rotatable bonds is 5. The van der Waals surface area contributed by atoms with Gasteiger partial charge in [-0.15, -0.1) is 0 Å². The molecule has 2 amide bonds. The van der Waals surface area contributed by atoms with E-state index in [4.69, 9.17) is 15.2 Å². The summed E-state index contributed by atoms with van der Waals surface area (Å²) in [5.41, 5.74) is 6.70. The lowest BCUT2D eigenvalue weighted by atomic mass is 9.90. The topological polar surface area (TPSA) is 116 Å². The van der Waals surface area contributed by atoms with Crippen LogP contribution in [0.5, 0.6) is 5.75 Å². The van der Waals surface area contributed by atoms with Crippen molar-refractivity contribution in [1.82, 2.24) is 4.98 Å². The molecule has 1 aliphatic heterocycles. The smallest absolute Gasteiger partial charge is 0.257 e. The summed E-state index contributed by atoms with van der Waals surface area (Å²) in [6.07, 6.45) is 4.01. The Morgan fingerprint density at radius 1 is 1.22 bits per heavy atom. The molecule has 1 aromatic carbocycles. The molecular formula is C19H22N4O4. The average molecular weight is 370 g/mol. The molecular weight excluding hydrogens is 348 g/mol. The Morgan fingerprint density at radius 3 is 2.67 bits per heavy atom. The minimum atomic E-state index is -0.946. The van der Waals surface area contributed by atoms with Crippen LogP contribution in [-0.2, 0) is 9.53 Å². The first kappa shape index (κ1) is 18.8. The Balaban J connectivity index is 1.72. The third-order valence-electron chi connectivity index (χ3n) is 4.47. The van der Waals surface area contributed by atoms with Crippen LogP contribution < -0.4 is 21.1 Å². The van der Waals surface area contributed by atoms with Gasteiger partial charge in [-0.05, 0) is 37.1 Å². The van der Waals surface area contributed by atoms with Crippen LogP contribution in [0.15, 0.2) is 42.7 Å². The zero-order chi connectivity index (χ0) is 19.3. The summed E-state index contributed by atoms with van der Waals surface area (Å²) >= 11 is 0. The van der Waals surface area contributed by atoms with E-state index in [-0.39, 0.29) is 11.8 Å². The first-order valence-corrected chi connectivity index (χ1v) is 8.59. The molecule has 142 valence electrons. The second-order valence-electron chi connectivity index (χ2n) is 6.33. The second-order valence-corrected chi connectivity index (χ2v) is 6.33. The maximum atomic E-state index is 12.5. The van der Waals surface area contributed by atoms with E-state index in [1.807, 2.05) is 0 Å². The molecule has 0 radical (unpaired) electrons. The number of amides is 2. The maximum Gasteiger partial charge on any atom is 0.257 e. The standard InChI is InChI=1S/C19H22N4O4/c1-26-16-11-14(22-18(25)19(20)6-9-27-10-7-19)4-5-15(16)23-17(24)13-3-2-8-21-12-13/h2-5,8,11-12H,6-7,9-10,20H2,1H3,(H,22,25)(H,23,24). The number of pyridine rings is 1. The summed E-state index contributed by atoms with van der Waals surface area (Å²) in [7, 11) is 1.49. The Labute approximate surface area is 157 Å². The lowest BCUT2D eigenvalue weighted by Crippen LogP contribution is -2.54. The van der Waals surface area contributed by atoms with Crippen molar-refractivity contribution < 1.29 is 19.1 Å².